The second-order valence-corrected chi connectivity index (χ2v) is 8.26. The summed E-state index contributed by atoms with van der Waals surface area (Å²) >= 11 is 0. The van der Waals surface area contributed by atoms with Gasteiger partial charge in [-0.2, -0.15) is 0 Å². The van der Waals surface area contributed by atoms with E-state index in [1.807, 2.05) is 0 Å². The van der Waals surface area contributed by atoms with Crippen LogP contribution in [0.25, 0.3) is 0 Å². The number of esters is 2. The predicted molar refractivity (Wildman–Crippen MR) is 118 cm³/mol. The summed E-state index contributed by atoms with van der Waals surface area (Å²) in [5, 5.41) is 0. The van der Waals surface area contributed by atoms with Crippen molar-refractivity contribution in [2.45, 2.75) is 104 Å². The Morgan fingerprint density at radius 3 is 1.66 bits per heavy atom. The number of hydrogen-bond donors (Lipinski definition) is 0. The fourth-order valence-corrected chi connectivity index (χ4v) is 3.19. The molecule has 0 fully saturated rings. The third kappa shape index (κ3) is 13.1. The van der Waals surface area contributed by atoms with E-state index in [2.05, 4.69) is 20.8 Å². The highest BCUT2D eigenvalue weighted by atomic mass is 16.6. The first kappa shape index (κ1) is 25.2. The number of unbranched alkanes of at least 4 members (excludes halogenated alkanes) is 8. The zero-order chi connectivity index (χ0) is 21.3. The van der Waals surface area contributed by atoms with Crippen molar-refractivity contribution in [1.29, 1.82) is 0 Å². The van der Waals surface area contributed by atoms with Crippen molar-refractivity contribution < 1.29 is 19.1 Å². The first-order valence-electron chi connectivity index (χ1n) is 11.5. The van der Waals surface area contributed by atoms with Crippen molar-refractivity contribution in [3.05, 3.63) is 24.3 Å². The Morgan fingerprint density at radius 1 is 0.724 bits per heavy atom. The molecule has 1 rings (SSSR count). The van der Waals surface area contributed by atoms with E-state index in [0.717, 1.165) is 32.1 Å². The second-order valence-electron chi connectivity index (χ2n) is 8.26. The summed E-state index contributed by atoms with van der Waals surface area (Å²) in [6.45, 7) is 6.62. The van der Waals surface area contributed by atoms with Gasteiger partial charge in [-0.05, 0) is 30.9 Å². The first-order valence-corrected chi connectivity index (χ1v) is 11.5. The van der Waals surface area contributed by atoms with Gasteiger partial charge >= 0.3 is 11.9 Å². The van der Waals surface area contributed by atoms with Crippen LogP contribution >= 0.6 is 0 Å². The molecule has 0 saturated carbocycles. The molecule has 0 aliphatic heterocycles. The van der Waals surface area contributed by atoms with Gasteiger partial charge in [-0.15, -0.1) is 0 Å². The lowest BCUT2D eigenvalue weighted by Crippen LogP contribution is -2.12. The van der Waals surface area contributed by atoms with E-state index >= 15 is 0 Å². The van der Waals surface area contributed by atoms with Crippen molar-refractivity contribution in [2.75, 3.05) is 0 Å². The maximum absolute atomic E-state index is 12.1. The number of carbonyl (C=O) groups is 2. The van der Waals surface area contributed by atoms with Gasteiger partial charge in [0.2, 0.25) is 0 Å². The molecule has 0 aliphatic carbocycles. The van der Waals surface area contributed by atoms with Crippen molar-refractivity contribution in [2.24, 2.45) is 5.92 Å². The van der Waals surface area contributed by atoms with Crippen LogP contribution in [0.1, 0.15) is 104 Å². The number of hydrogen-bond acceptors (Lipinski definition) is 4. The molecule has 4 nitrogen and oxygen atoms in total. The molecular weight excluding hydrogens is 364 g/mol. The molecule has 1 aromatic carbocycles. The van der Waals surface area contributed by atoms with E-state index in [0.29, 0.717) is 30.3 Å². The molecule has 4 heteroatoms. The van der Waals surface area contributed by atoms with E-state index in [-0.39, 0.29) is 11.9 Å². The molecular formula is C25H40O4. The van der Waals surface area contributed by atoms with E-state index in [1.165, 1.54) is 38.5 Å². The van der Waals surface area contributed by atoms with Crippen LogP contribution in [0.4, 0.5) is 0 Å². The molecule has 0 atom stereocenters. The van der Waals surface area contributed by atoms with Crippen LogP contribution in [0.2, 0.25) is 0 Å². The summed E-state index contributed by atoms with van der Waals surface area (Å²) in [7, 11) is 0. The van der Waals surface area contributed by atoms with Gasteiger partial charge in [0.1, 0.15) is 0 Å². The van der Waals surface area contributed by atoms with Crippen molar-refractivity contribution in [1.82, 2.24) is 0 Å². The number of ether oxygens (including phenoxy) is 2. The van der Waals surface area contributed by atoms with E-state index in [4.69, 9.17) is 9.47 Å². The highest BCUT2D eigenvalue weighted by Gasteiger charge is 2.13. The third-order valence-corrected chi connectivity index (χ3v) is 4.94. The molecule has 0 N–H and O–H groups in total. The van der Waals surface area contributed by atoms with Crippen LogP contribution in [0, 0.1) is 5.92 Å². The Morgan fingerprint density at radius 2 is 1.17 bits per heavy atom. The van der Waals surface area contributed by atoms with Gasteiger partial charge in [-0.3, -0.25) is 9.59 Å². The summed E-state index contributed by atoms with van der Waals surface area (Å²) in [6, 6.07) is 6.90. The molecule has 0 unspecified atom stereocenters. The lowest BCUT2D eigenvalue weighted by atomic mass is 10.0. The smallest absolute Gasteiger partial charge is 0.311 e. The number of para-hydroxylation sites is 2. The van der Waals surface area contributed by atoms with Crippen LogP contribution in [0.15, 0.2) is 24.3 Å². The van der Waals surface area contributed by atoms with Crippen LogP contribution in [-0.4, -0.2) is 11.9 Å². The number of benzene rings is 1. The predicted octanol–water partition coefficient (Wildman–Crippen LogP) is 7.24. The number of rotatable bonds is 16. The van der Waals surface area contributed by atoms with Gasteiger partial charge in [0.15, 0.2) is 11.5 Å². The molecule has 0 heterocycles. The molecule has 29 heavy (non-hydrogen) atoms. The maximum atomic E-state index is 12.1. The quantitative estimate of drug-likeness (QED) is 0.165. The Labute approximate surface area is 177 Å². The summed E-state index contributed by atoms with van der Waals surface area (Å²) in [4.78, 5) is 24.2. The van der Waals surface area contributed by atoms with Gasteiger partial charge in [0, 0.05) is 12.8 Å². The molecule has 0 radical (unpaired) electrons. The zero-order valence-corrected chi connectivity index (χ0v) is 18.7. The van der Waals surface area contributed by atoms with Gasteiger partial charge < -0.3 is 9.47 Å². The average molecular weight is 405 g/mol. The Kier molecular flexibility index (Phi) is 13.9. The Balaban J connectivity index is 2.31. The first-order chi connectivity index (χ1) is 14.0. The van der Waals surface area contributed by atoms with Crippen molar-refractivity contribution in [3.63, 3.8) is 0 Å². The maximum Gasteiger partial charge on any atom is 0.311 e. The van der Waals surface area contributed by atoms with Crippen LogP contribution in [0.3, 0.4) is 0 Å². The third-order valence-electron chi connectivity index (χ3n) is 4.94. The van der Waals surface area contributed by atoms with Crippen LogP contribution in [-0.2, 0) is 9.59 Å². The van der Waals surface area contributed by atoms with E-state index in [1.54, 1.807) is 24.3 Å². The largest absolute Gasteiger partial charge is 0.423 e. The van der Waals surface area contributed by atoms with E-state index in [9.17, 15) is 9.59 Å². The minimum absolute atomic E-state index is 0.268. The molecule has 1 aromatic rings. The molecule has 0 amide bonds. The van der Waals surface area contributed by atoms with Gasteiger partial charge in [0.05, 0.1) is 0 Å². The van der Waals surface area contributed by atoms with Crippen molar-refractivity contribution in [3.8, 4) is 11.5 Å². The van der Waals surface area contributed by atoms with E-state index < -0.39 is 0 Å². The zero-order valence-electron chi connectivity index (χ0n) is 18.7. The monoisotopic (exact) mass is 404 g/mol. The van der Waals surface area contributed by atoms with Crippen LogP contribution < -0.4 is 9.47 Å². The van der Waals surface area contributed by atoms with Crippen molar-refractivity contribution >= 4 is 11.9 Å². The normalized spacial score (nSPS) is 10.9. The lowest BCUT2D eigenvalue weighted by Gasteiger charge is -2.10. The summed E-state index contributed by atoms with van der Waals surface area (Å²) in [5.74, 6) is 0.812. The molecule has 164 valence electrons. The average Bonchev–Trinajstić information content (AvgIpc) is 2.68. The van der Waals surface area contributed by atoms with Gasteiger partial charge in [-0.1, -0.05) is 90.7 Å². The van der Waals surface area contributed by atoms with Gasteiger partial charge in [-0.25, -0.2) is 0 Å². The molecule has 0 saturated heterocycles. The topological polar surface area (TPSA) is 52.6 Å². The standard InChI is InChI=1S/C25H40O4/c1-4-5-6-7-8-9-12-19-24(26)28-22-17-14-15-18-23(22)29-25(27)20-13-10-11-16-21(2)3/h14-15,17-18,21H,4-13,16,19-20H2,1-3H3. The Bertz CT molecular complexity index is 580. The second kappa shape index (κ2) is 16.0. The molecule has 0 aromatic heterocycles. The van der Waals surface area contributed by atoms with Gasteiger partial charge in [0.25, 0.3) is 0 Å². The highest BCUT2D eigenvalue weighted by molar-refractivity contribution is 5.76. The summed E-state index contributed by atoms with van der Waals surface area (Å²) in [6.07, 6.45) is 13.1. The number of carbonyl (C=O) groups excluding carboxylic acids is 2. The summed E-state index contributed by atoms with van der Waals surface area (Å²) in [5.41, 5.74) is 0. The molecule has 0 aliphatic rings. The molecule has 0 bridgehead atoms. The SMILES string of the molecule is CCCCCCCCCC(=O)Oc1ccccc1OC(=O)CCCCCC(C)C. The Hall–Kier alpha value is -1.84. The fraction of sp³-hybridized carbons (Fsp3) is 0.680. The fourth-order valence-electron chi connectivity index (χ4n) is 3.19. The molecule has 0 spiro atoms. The summed E-state index contributed by atoms with van der Waals surface area (Å²) < 4.78 is 10.9. The lowest BCUT2D eigenvalue weighted by molar-refractivity contribution is -0.137. The van der Waals surface area contributed by atoms with Crippen LogP contribution in [0.5, 0.6) is 11.5 Å². The highest BCUT2D eigenvalue weighted by Crippen LogP contribution is 2.27. The minimum atomic E-state index is -0.273. The minimum Gasteiger partial charge on any atom is -0.423 e.